The minimum atomic E-state index is -0.380. The van der Waals surface area contributed by atoms with Gasteiger partial charge < -0.3 is 4.74 Å². The second-order valence-corrected chi connectivity index (χ2v) is 7.98. The van der Waals surface area contributed by atoms with Crippen LogP contribution in [0.1, 0.15) is 45.2 Å². The van der Waals surface area contributed by atoms with Gasteiger partial charge in [-0.3, -0.25) is 9.69 Å². The molecule has 0 fully saturated rings. The van der Waals surface area contributed by atoms with Gasteiger partial charge in [0.25, 0.3) is 0 Å². The van der Waals surface area contributed by atoms with Crippen LogP contribution in [-0.2, 0) is 16.1 Å². The molecule has 1 heterocycles. The fourth-order valence-electron chi connectivity index (χ4n) is 3.02. The number of nitrogens with zero attached hydrogens (tertiary/aromatic N) is 2. The summed E-state index contributed by atoms with van der Waals surface area (Å²) in [5.74, 6) is -0.504. The summed E-state index contributed by atoms with van der Waals surface area (Å²) in [5, 5.41) is 2.36. The van der Waals surface area contributed by atoms with Crippen molar-refractivity contribution in [3.8, 4) is 0 Å². The molecule has 0 spiro atoms. The molecule has 0 aliphatic heterocycles. The number of esters is 1. The van der Waals surface area contributed by atoms with Gasteiger partial charge in [-0.25, -0.2) is 9.78 Å². The van der Waals surface area contributed by atoms with Crippen LogP contribution in [0.3, 0.4) is 0 Å². The van der Waals surface area contributed by atoms with Crippen LogP contribution in [0.2, 0.25) is 0 Å². The third kappa shape index (κ3) is 4.71. The van der Waals surface area contributed by atoms with Crippen LogP contribution in [0.5, 0.6) is 0 Å². The molecule has 5 nitrogen and oxygen atoms in total. The zero-order chi connectivity index (χ0) is 21.1. The Morgan fingerprint density at radius 2 is 1.76 bits per heavy atom. The molecule has 29 heavy (non-hydrogen) atoms. The number of hydrogen-bond acceptors (Lipinski definition) is 5. The topological polar surface area (TPSA) is 59.5 Å². The van der Waals surface area contributed by atoms with Gasteiger partial charge in [-0.15, -0.1) is 11.3 Å². The number of hydrogen-bond donors (Lipinski definition) is 0. The van der Waals surface area contributed by atoms with Crippen molar-refractivity contribution in [3.63, 3.8) is 0 Å². The van der Waals surface area contributed by atoms with Crippen molar-refractivity contribution < 1.29 is 14.3 Å². The lowest BCUT2D eigenvalue weighted by atomic mass is 10.1. The highest BCUT2D eigenvalue weighted by molar-refractivity contribution is 7.14. The molecule has 2 aromatic carbocycles. The summed E-state index contributed by atoms with van der Waals surface area (Å²) in [6, 6.07) is 11.5. The van der Waals surface area contributed by atoms with Crippen molar-refractivity contribution in [1.29, 1.82) is 0 Å². The molecule has 0 bridgehead atoms. The zero-order valence-electron chi connectivity index (χ0n) is 17.3. The maximum absolute atomic E-state index is 12.4. The largest absolute Gasteiger partial charge is 0.456 e. The Morgan fingerprint density at radius 1 is 1.00 bits per heavy atom. The molecule has 0 atom stereocenters. The van der Waals surface area contributed by atoms with Crippen LogP contribution in [0.4, 0.5) is 10.8 Å². The van der Waals surface area contributed by atoms with Crippen molar-refractivity contribution in [2.75, 3.05) is 4.90 Å². The fourth-order valence-corrected chi connectivity index (χ4v) is 3.89. The highest BCUT2D eigenvalue weighted by Gasteiger charge is 2.19. The second-order valence-electron chi connectivity index (χ2n) is 7.14. The van der Waals surface area contributed by atoms with Crippen molar-refractivity contribution in [2.24, 2.45) is 0 Å². The molecule has 0 radical (unpaired) electrons. The van der Waals surface area contributed by atoms with E-state index in [1.54, 1.807) is 11.0 Å². The van der Waals surface area contributed by atoms with Gasteiger partial charge in [0.05, 0.1) is 16.9 Å². The van der Waals surface area contributed by atoms with E-state index in [-0.39, 0.29) is 18.5 Å². The number of ether oxygens (including phenoxy) is 1. The highest BCUT2D eigenvalue weighted by Crippen LogP contribution is 2.30. The van der Waals surface area contributed by atoms with Crippen LogP contribution in [0, 0.1) is 27.7 Å². The number of carbonyl (C=O) groups excluding carboxylic acids is 2. The molecule has 0 saturated heterocycles. The monoisotopic (exact) mass is 408 g/mol. The third-order valence-corrected chi connectivity index (χ3v) is 5.62. The van der Waals surface area contributed by atoms with E-state index in [4.69, 9.17) is 4.74 Å². The summed E-state index contributed by atoms with van der Waals surface area (Å²) in [7, 11) is 0. The van der Waals surface area contributed by atoms with E-state index in [2.05, 4.69) is 4.98 Å². The van der Waals surface area contributed by atoms with Gasteiger partial charge in [0.1, 0.15) is 6.61 Å². The van der Waals surface area contributed by atoms with E-state index >= 15 is 0 Å². The predicted molar refractivity (Wildman–Crippen MR) is 116 cm³/mol. The Kier molecular flexibility index (Phi) is 6.13. The second kappa shape index (κ2) is 8.57. The Balaban J connectivity index is 1.75. The number of aryl methyl sites for hydroxylation is 4. The maximum atomic E-state index is 12.4. The van der Waals surface area contributed by atoms with Crippen LogP contribution in [0.25, 0.3) is 0 Å². The first-order valence-electron chi connectivity index (χ1n) is 9.33. The molecule has 0 aliphatic carbocycles. The van der Waals surface area contributed by atoms with Crippen molar-refractivity contribution >= 4 is 34.0 Å². The summed E-state index contributed by atoms with van der Waals surface area (Å²) in [4.78, 5) is 30.7. The molecule has 0 saturated carbocycles. The van der Waals surface area contributed by atoms with Gasteiger partial charge in [0.15, 0.2) is 5.13 Å². The van der Waals surface area contributed by atoms with E-state index in [9.17, 15) is 9.59 Å². The number of anilines is 2. The summed E-state index contributed by atoms with van der Waals surface area (Å²) in [6.45, 7) is 9.48. The number of aromatic nitrogens is 1. The minimum absolute atomic E-state index is 0.0569. The van der Waals surface area contributed by atoms with E-state index in [1.807, 2.05) is 63.4 Å². The molecular weight excluding hydrogens is 384 g/mol. The number of carbonyl (C=O) groups is 2. The lowest BCUT2D eigenvalue weighted by Crippen LogP contribution is -2.22. The Bertz CT molecular complexity index is 1070. The zero-order valence-corrected chi connectivity index (χ0v) is 18.1. The van der Waals surface area contributed by atoms with Crippen molar-refractivity contribution in [3.05, 3.63) is 75.3 Å². The summed E-state index contributed by atoms with van der Waals surface area (Å²) < 4.78 is 5.43. The normalized spacial score (nSPS) is 10.7. The Morgan fingerprint density at radius 3 is 2.41 bits per heavy atom. The quantitative estimate of drug-likeness (QED) is 0.529. The number of rotatable bonds is 5. The molecular formula is C23H24N2O3S. The average Bonchev–Trinajstić information content (AvgIpc) is 3.11. The maximum Gasteiger partial charge on any atom is 0.338 e. The number of amides is 1. The smallest absolute Gasteiger partial charge is 0.338 e. The standard InChI is InChI=1S/C23H24N2O3S/c1-14-6-9-21(17(4)10-14)22(27)28-12-19-13-29-23(24-19)25(18(5)26)20-8-7-15(2)16(3)11-20/h6-11,13H,12H2,1-5H3. The third-order valence-electron chi connectivity index (χ3n) is 4.75. The van der Waals surface area contributed by atoms with Crippen molar-refractivity contribution in [1.82, 2.24) is 4.98 Å². The molecule has 0 N–H and O–H groups in total. The average molecular weight is 409 g/mol. The SMILES string of the molecule is CC(=O)N(c1ccc(C)c(C)c1)c1nc(COC(=O)c2ccc(C)cc2C)cs1. The Hall–Kier alpha value is -2.99. The van der Waals surface area contributed by atoms with Crippen molar-refractivity contribution in [2.45, 2.75) is 41.2 Å². The molecule has 3 rings (SSSR count). The molecule has 0 aliphatic rings. The molecule has 150 valence electrons. The van der Waals surface area contributed by atoms with Crippen LogP contribution >= 0.6 is 11.3 Å². The number of benzene rings is 2. The first-order valence-corrected chi connectivity index (χ1v) is 10.2. The first-order chi connectivity index (χ1) is 13.8. The summed E-state index contributed by atoms with van der Waals surface area (Å²) in [5.41, 5.74) is 6.17. The first kappa shape index (κ1) is 20.7. The fraction of sp³-hybridized carbons (Fsp3) is 0.261. The van der Waals surface area contributed by atoms with Gasteiger partial charge in [-0.2, -0.15) is 0 Å². The molecule has 1 amide bonds. The molecule has 1 aromatic heterocycles. The van der Waals surface area contributed by atoms with E-state index in [1.165, 1.54) is 18.3 Å². The van der Waals surface area contributed by atoms with Gasteiger partial charge >= 0.3 is 5.97 Å². The number of thiazole rings is 1. The van der Waals surface area contributed by atoms with E-state index in [0.717, 1.165) is 27.9 Å². The van der Waals surface area contributed by atoms with Gasteiger partial charge in [-0.1, -0.05) is 23.8 Å². The predicted octanol–water partition coefficient (Wildman–Crippen LogP) is 5.42. The molecule has 3 aromatic rings. The lowest BCUT2D eigenvalue weighted by molar-refractivity contribution is -0.115. The van der Waals surface area contributed by atoms with Crippen LogP contribution in [-0.4, -0.2) is 16.9 Å². The van der Waals surface area contributed by atoms with Gasteiger partial charge in [-0.05, 0) is 62.6 Å². The summed E-state index contributed by atoms with van der Waals surface area (Å²) in [6.07, 6.45) is 0. The highest BCUT2D eigenvalue weighted by atomic mass is 32.1. The van der Waals surface area contributed by atoms with Gasteiger partial charge in [0, 0.05) is 12.3 Å². The lowest BCUT2D eigenvalue weighted by Gasteiger charge is -2.19. The molecule has 0 unspecified atom stereocenters. The molecule has 6 heteroatoms. The summed E-state index contributed by atoms with van der Waals surface area (Å²) >= 11 is 1.35. The minimum Gasteiger partial charge on any atom is -0.456 e. The van der Waals surface area contributed by atoms with E-state index in [0.29, 0.717) is 16.4 Å². The van der Waals surface area contributed by atoms with E-state index < -0.39 is 0 Å². The Labute approximate surface area is 175 Å². The van der Waals surface area contributed by atoms with Gasteiger partial charge in [0.2, 0.25) is 5.91 Å². The van der Waals surface area contributed by atoms with Crippen LogP contribution < -0.4 is 4.90 Å². The van der Waals surface area contributed by atoms with Crippen LogP contribution in [0.15, 0.2) is 41.8 Å².